The number of carbonyl (C=O) groups is 2. The van der Waals surface area contributed by atoms with Crippen LogP contribution >= 0.6 is 11.6 Å². The number of ether oxygens (including phenoxy) is 1. The Bertz CT molecular complexity index is 748. The molecule has 0 saturated heterocycles. The van der Waals surface area contributed by atoms with E-state index >= 15 is 0 Å². The van der Waals surface area contributed by atoms with Crippen LogP contribution in [0.1, 0.15) is 10.4 Å². The summed E-state index contributed by atoms with van der Waals surface area (Å²) < 4.78 is 18.0. The zero-order valence-corrected chi connectivity index (χ0v) is 13.9. The van der Waals surface area contributed by atoms with E-state index in [0.717, 1.165) is 17.8 Å². The summed E-state index contributed by atoms with van der Waals surface area (Å²) >= 11 is 5.80. The molecule has 0 atom stereocenters. The fraction of sp³-hybridized carbons (Fsp3) is 0.176. The number of nitrogens with one attached hydrogen (secondary N) is 1. The van der Waals surface area contributed by atoms with Gasteiger partial charge >= 0.3 is 5.97 Å². The van der Waals surface area contributed by atoms with Crippen molar-refractivity contribution < 1.29 is 18.7 Å². The van der Waals surface area contributed by atoms with Crippen LogP contribution in [0.15, 0.2) is 42.5 Å². The van der Waals surface area contributed by atoms with Gasteiger partial charge in [-0.05, 0) is 42.5 Å². The van der Waals surface area contributed by atoms with Crippen LogP contribution in [-0.2, 0) is 9.53 Å². The van der Waals surface area contributed by atoms with Crippen LogP contribution in [0.25, 0.3) is 0 Å². The standard InChI is InChI=1S/C17H16ClFN2O3/c1-21(2)13-6-4-12(5-7-13)20-16(22)10-24-17(23)14-9-11(19)3-8-15(14)18/h3-9H,10H2,1-2H3,(H,20,22). The molecule has 0 bridgehead atoms. The quantitative estimate of drug-likeness (QED) is 0.840. The summed E-state index contributed by atoms with van der Waals surface area (Å²) in [7, 11) is 3.81. The number of esters is 1. The molecule has 1 amide bonds. The third-order valence-corrected chi connectivity index (χ3v) is 3.48. The summed E-state index contributed by atoms with van der Waals surface area (Å²) in [6, 6.07) is 10.5. The minimum atomic E-state index is -0.863. The van der Waals surface area contributed by atoms with E-state index in [1.165, 1.54) is 6.07 Å². The fourth-order valence-electron chi connectivity index (χ4n) is 1.90. The zero-order chi connectivity index (χ0) is 17.7. The monoisotopic (exact) mass is 350 g/mol. The van der Waals surface area contributed by atoms with Crippen molar-refractivity contribution in [1.29, 1.82) is 0 Å². The molecule has 1 N–H and O–H groups in total. The summed E-state index contributed by atoms with van der Waals surface area (Å²) in [5.41, 5.74) is 1.44. The van der Waals surface area contributed by atoms with Gasteiger partial charge in [0, 0.05) is 25.5 Å². The Hall–Kier alpha value is -2.60. The van der Waals surface area contributed by atoms with E-state index in [1.54, 1.807) is 12.1 Å². The highest BCUT2D eigenvalue weighted by molar-refractivity contribution is 6.33. The first-order valence-electron chi connectivity index (χ1n) is 7.06. The number of anilines is 2. The number of hydrogen-bond donors (Lipinski definition) is 1. The molecule has 2 aromatic rings. The molecule has 2 rings (SSSR count). The predicted octanol–water partition coefficient (Wildman–Crippen LogP) is 3.34. The maximum Gasteiger partial charge on any atom is 0.340 e. The largest absolute Gasteiger partial charge is 0.452 e. The van der Waals surface area contributed by atoms with Gasteiger partial charge in [0.1, 0.15) is 5.82 Å². The van der Waals surface area contributed by atoms with E-state index in [0.29, 0.717) is 5.69 Å². The molecule has 5 nitrogen and oxygen atoms in total. The van der Waals surface area contributed by atoms with Gasteiger partial charge < -0.3 is 15.0 Å². The molecule has 126 valence electrons. The van der Waals surface area contributed by atoms with Crippen molar-refractivity contribution in [2.45, 2.75) is 0 Å². The molecular formula is C17H16ClFN2O3. The van der Waals surface area contributed by atoms with Crippen LogP contribution in [0.5, 0.6) is 0 Å². The zero-order valence-electron chi connectivity index (χ0n) is 13.2. The lowest BCUT2D eigenvalue weighted by molar-refractivity contribution is -0.119. The maximum atomic E-state index is 13.1. The van der Waals surface area contributed by atoms with Crippen LogP contribution in [0.4, 0.5) is 15.8 Å². The summed E-state index contributed by atoms with van der Waals surface area (Å²) in [4.78, 5) is 25.6. The predicted molar refractivity (Wildman–Crippen MR) is 91.1 cm³/mol. The summed E-state index contributed by atoms with van der Waals surface area (Å²) in [5.74, 6) is -1.98. The Kier molecular flexibility index (Phi) is 5.76. The molecule has 0 unspecified atom stereocenters. The second-order valence-electron chi connectivity index (χ2n) is 5.19. The number of rotatable bonds is 5. The van der Waals surface area contributed by atoms with E-state index in [2.05, 4.69) is 5.32 Å². The smallest absolute Gasteiger partial charge is 0.340 e. The number of nitrogens with zero attached hydrogens (tertiary/aromatic N) is 1. The number of hydrogen-bond acceptors (Lipinski definition) is 4. The minimum absolute atomic E-state index is 0.0566. The first kappa shape index (κ1) is 17.7. The van der Waals surface area contributed by atoms with Crippen LogP contribution in [0.2, 0.25) is 5.02 Å². The minimum Gasteiger partial charge on any atom is -0.452 e. The van der Waals surface area contributed by atoms with Crippen molar-refractivity contribution in [2.24, 2.45) is 0 Å². The van der Waals surface area contributed by atoms with Crippen LogP contribution in [0.3, 0.4) is 0 Å². The maximum absolute atomic E-state index is 13.1. The molecule has 0 aromatic heterocycles. The number of amides is 1. The highest BCUT2D eigenvalue weighted by atomic mass is 35.5. The Labute approximate surface area is 144 Å². The first-order valence-corrected chi connectivity index (χ1v) is 7.44. The third kappa shape index (κ3) is 4.70. The van der Waals surface area contributed by atoms with E-state index in [9.17, 15) is 14.0 Å². The van der Waals surface area contributed by atoms with Crippen molar-refractivity contribution in [2.75, 3.05) is 30.9 Å². The van der Waals surface area contributed by atoms with Gasteiger partial charge in [-0.1, -0.05) is 11.6 Å². The van der Waals surface area contributed by atoms with Gasteiger partial charge in [0.25, 0.3) is 5.91 Å². The van der Waals surface area contributed by atoms with Crippen molar-refractivity contribution in [3.8, 4) is 0 Å². The van der Waals surface area contributed by atoms with Gasteiger partial charge in [-0.2, -0.15) is 0 Å². The van der Waals surface area contributed by atoms with Gasteiger partial charge in [0.2, 0.25) is 0 Å². The second kappa shape index (κ2) is 7.79. The lowest BCUT2D eigenvalue weighted by Crippen LogP contribution is -2.21. The molecule has 24 heavy (non-hydrogen) atoms. The molecule has 0 fully saturated rings. The highest BCUT2D eigenvalue weighted by Gasteiger charge is 2.15. The van der Waals surface area contributed by atoms with Gasteiger partial charge in [-0.3, -0.25) is 4.79 Å². The van der Waals surface area contributed by atoms with Crippen LogP contribution in [0, 0.1) is 5.82 Å². The number of benzene rings is 2. The van der Waals surface area contributed by atoms with E-state index in [1.807, 2.05) is 31.1 Å². The molecule has 0 radical (unpaired) electrons. The summed E-state index contributed by atoms with van der Waals surface area (Å²) in [5, 5.41) is 2.66. The normalized spacial score (nSPS) is 10.2. The van der Waals surface area contributed by atoms with E-state index in [4.69, 9.17) is 16.3 Å². The van der Waals surface area contributed by atoms with Crippen LogP contribution < -0.4 is 10.2 Å². The molecule has 7 heteroatoms. The fourth-order valence-corrected chi connectivity index (χ4v) is 2.10. The van der Waals surface area contributed by atoms with Gasteiger partial charge in [0.15, 0.2) is 6.61 Å². The molecule has 2 aromatic carbocycles. The topological polar surface area (TPSA) is 58.6 Å². The molecule has 0 heterocycles. The average molecular weight is 351 g/mol. The molecule has 0 aliphatic heterocycles. The van der Waals surface area contributed by atoms with E-state index in [-0.39, 0.29) is 10.6 Å². The van der Waals surface area contributed by atoms with Crippen molar-refractivity contribution in [3.63, 3.8) is 0 Å². The van der Waals surface area contributed by atoms with Gasteiger partial charge in [-0.25, -0.2) is 9.18 Å². The number of halogens is 2. The molecule has 0 aliphatic carbocycles. The highest BCUT2D eigenvalue weighted by Crippen LogP contribution is 2.18. The molecule has 0 aliphatic rings. The Morgan fingerprint density at radius 1 is 1.17 bits per heavy atom. The van der Waals surface area contributed by atoms with Gasteiger partial charge in [0.05, 0.1) is 10.6 Å². The lowest BCUT2D eigenvalue weighted by atomic mass is 10.2. The van der Waals surface area contributed by atoms with Crippen molar-refractivity contribution in [3.05, 3.63) is 58.9 Å². The van der Waals surface area contributed by atoms with Crippen molar-refractivity contribution >= 4 is 34.9 Å². The molecule has 0 saturated carbocycles. The lowest BCUT2D eigenvalue weighted by Gasteiger charge is -2.13. The summed E-state index contributed by atoms with van der Waals surface area (Å²) in [6.45, 7) is -0.499. The summed E-state index contributed by atoms with van der Waals surface area (Å²) in [6.07, 6.45) is 0. The van der Waals surface area contributed by atoms with Gasteiger partial charge in [-0.15, -0.1) is 0 Å². The average Bonchev–Trinajstić information content (AvgIpc) is 2.55. The second-order valence-corrected chi connectivity index (χ2v) is 5.60. The van der Waals surface area contributed by atoms with E-state index < -0.39 is 24.3 Å². The number of carbonyl (C=O) groups excluding carboxylic acids is 2. The third-order valence-electron chi connectivity index (χ3n) is 3.15. The Morgan fingerprint density at radius 3 is 2.46 bits per heavy atom. The van der Waals surface area contributed by atoms with Crippen molar-refractivity contribution in [1.82, 2.24) is 0 Å². The van der Waals surface area contributed by atoms with Crippen LogP contribution in [-0.4, -0.2) is 32.6 Å². The SMILES string of the molecule is CN(C)c1ccc(NC(=O)COC(=O)c2cc(F)ccc2Cl)cc1. The molecular weight excluding hydrogens is 335 g/mol. The molecule has 0 spiro atoms. The Balaban J connectivity index is 1.90. The Morgan fingerprint density at radius 2 is 1.83 bits per heavy atom. The first-order chi connectivity index (χ1) is 11.4.